The van der Waals surface area contributed by atoms with E-state index in [4.69, 9.17) is 5.11 Å². The van der Waals surface area contributed by atoms with Gasteiger partial charge in [0, 0.05) is 37.0 Å². The summed E-state index contributed by atoms with van der Waals surface area (Å²) in [5.41, 5.74) is 0.209. The van der Waals surface area contributed by atoms with Gasteiger partial charge in [-0.1, -0.05) is 0 Å². The van der Waals surface area contributed by atoms with Crippen LogP contribution in [0.2, 0.25) is 0 Å². The van der Waals surface area contributed by atoms with Gasteiger partial charge in [0.25, 0.3) is 0 Å². The number of nitrogens with zero attached hydrogens (tertiary/aromatic N) is 4. The number of hydrogen-bond acceptors (Lipinski definition) is 5. The topological polar surface area (TPSA) is 62.1 Å². The first-order valence-corrected chi connectivity index (χ1v) is 6.90. The molecule has 21 heavy (non-hydrogen) atoms. The van der Waals surface area contributed by atoms with Gasteiger partial charge in [0.1, 0.15) is 11.6 Å². The van der Waals surface area contributed by atoms with Crippen LogP contribution >= 0.6 is 0 Å². The molecule has 1 fully saturated rings. The number of halogens is 1. The second kappa shape index (κ2) is 5.37. The van der Waals surface area contributed by atoms with E-state index in [0.29, 0.717) is 24.6 Å². The van der Waals surface area contributed by atoms with Gasteiger partial charge < -0.3 is 10.0 Å². The third-order valence-corrected chi connectivity index (χ3v) is 3.71. The van der Waals surface area contributed by atoms with E-state index in [1.54, 1.807) is 12.4 Å². The average molecular weight is 288 g/mol. The van der Waals surface area contributed by atoms with E-state index in [1.807, 2.05) is 30.0 Å². The zero-order valence-corrected chi connectivity index (χ0v) is 11.8. The zero-order chi connectivity index (χ0) is 14.9. The molecule has 6 heteroatoms. The van der Waals surface area contributed by atoms with Crippen molar-refractivity contribution < 1.29 is 9.50 Å². The number of aryl methyl sites for hydroxylation is 1. The number of hydrogen-bond donors (Lipinski definition) is 1. The summed E-state index contributed by atoms with van der Waals surface area (Å²) in [7, 11) is 0. The molecular formula is C15H17FN4O. The predicted octanol–water partition coefficient (Wildman–Crippen LogP) is 1.76. The first-order valence-electron chi connectivity index (χ1n) is 6.90. The molecule has 2 aromatic heterocycles. The van der Waals surface area contributed by atoms with Gasteiger partial charge in [0.05, 0.1) is 18.8 Å². The van der Waals surface area contributed by atoms with E-state index in [1.165, 1.54) is 0 Å². The van der Waals surface area contributed by atoms with Crippen LogP contribution in [0.15, 0.2) is 30.6 Å². The van der Waals surface area contributed by atoms with E-state index in [9.17, 15) is 4.39 Å². The summed E-state index contributed by atoms with van der Waals surface area (Å²) < 4.78 is 14.2. The van der Waals surface area contributed by atoms with E-state index in [0.717, 1.165) is 11.3 Å². The summed E-state index contributed by atoms with van der Waals surface area (Å²) in [5.74, 6) is 1.34. The molecule has 1 saturated heterocycles. The van der Waals surface area contributed by atoms with Crippen LogP contribution in [0.4, 0.5) is 10.2 Å². The van der Waals surface area contributed by atoms with E-state index >= 15 is 0 Å². The summed E-state index contributed by atoms with van der Waals surface area (Å²) in [6.45, 7) is 2.07. The number of aliphatic hydroxyl groups is 1. The highest BCUT2D eigenvalue weighted by molar-refractivity contribution is 5.62. The molecule has 1 unspecified atom stereocenters. The van der Waals surface area contributed by atoms with Crippen molar-refractivity contribution in [1.82, 2.24) is 15.0 Å². The maximum absolute atomic E-state index is 14.2. The first kappa shape index (κ1) is 13.9. The Balaban J connectivity index is 1.93. The number of aliphatic hydroxyl groups excluding tert-OH is 1. The van der Waals surface area contributed by atoms with Crippen LogP contribution in [0, 0.1) is 6.92 Å². The Labute approximate surface area is 122 Å². The maximum Gasteiger partial charge on any atom is 0.152 e. The third kappa shape index (κ3) is 2.85. The molecule has 2 aromatic rings. The number of pyridine rings is 1. The molecule has 0 saturated carbocycles. The molecule has 110 valence electrons. The van der Waals surface area contributed by atoms with Crippen molar-refractivity contribution in [2.45, 2.75) is 19.0 Å². The van der Waals surface area contributed by atoms with Crippen LogP contribution in [0.25, 0.3) is 11.3 Å². The van der Waals surface area contributed by atoms with Gasteiger partial charge in [-0.3, -0.25) is 4.98 Å². The van der Waals surface area contributed by atoms with Crippen molar-refractivity contribution in [2.75, 3.05) is 24.6 Å². The summed E-state index contributed by atoms with van der Waals surface area (Å²) in [5, 5.41) is 9.14. The van der Waals surface area contributed by atoms with Crippen molar-refractivity contribution in [3.63, 3.8) is 0 Å². The molecule has 1 aliphatic rings. The van der Waals surface area contributed by atoms with Crippen LogP contribution in [-0.2, 0) is 0 Å². The fraction of sp³-hybridized carbons (Fsp3) is 0.400. The van der Waals surface area contributed by atoms with Crippen LogP contribution in [0.3, 0.4) is 0 Å². The van der Waals surface area contributed by atoms with Gasteiger partial charge in [-0.25, -0.2) is 14.4 Å². The molecule has 1 N–H and O–H groups in total. The molecule has 0 aliphatic carbocycles. The van der Waals surface area contributed by atoms with Crippen LogP contribution in [0.5, 0.6) is 0 Å². The predicted molar refractivity (Wildman–Crippen MR) is 77.8 cm³/mol. The van der Waals surface area contributed by atoms with Crippen LogP contribution in [0.1, 0.15) is 12.2 Å². The quantitative estimate of drug-likeness (QED) is 0.932. The van der Waals surface area contributed by atoms with Gasteiger partial charge in [0.2, 0.25) is 0 Å². The van der Waals surface area contributed by atoms with Crippen molar-refractivity contribution >= 4 is 5.82 Å². The summed E-state index contributed by atoms with van der Waals surface area (Å²) in [6, 6.07) is 5.61. The zero-order valence-electron chi connectivity index (χ0n) is 11.8. The normalized spacial score (nSPS) is 21.8. The molecule has 1 aliphatic heterocycles. The Morgan fingerprint density at radius 3 is 2.76 bits per heavy atom. The van der Waals surface area contributed by atoms with Gasteiger partial charge in [-0.05, 0) is 19.1 Å². The van der Waals surface area contributed by atoms with Crippen molar-refractivity contribution in [3.05, 3.63) is 36.4 Å². The number of aromatic nitrogens is 3. The Morgan fingerprint density at radius 2 is 2.10 bits per heavy atom. The summed E-state index contributed by atoms with van der Waals surface area (Å²) in [4.78, 5) is 14.7. The lowest BCUT2D eigenvalue weighted by Gasteiger charge is -2.20. The Hall–Kier alpha value is -2.08. The molecular weight excluding hydrogens is 271 g/mol. The van der Waals surface area contributed by atoms with E-state index < -0.39 is 12.3 Å². The van der Waals surface area contributed by atoms with E-state index in [2.05, 4.69) is 15.0 Å². The monoisotopic (exact) mass is 288 g/mol. The lowest BCUT2D eigenvalue weighted by Crippen LogP contribution is -2.32. The molecule has 0 spiro atoms. The van der Waals surface area contributed by atoms with Crippen molar-refractivity contribution in [2.24, 2.45) is 0 Å². The second-order valence-corrected chi connectivity index (χ2v) is 5.38. The SMILES string of the molecule is Cc1nc(-c2ccncc2)cc(N2CCC(F)(CO)C2)n1. The Bertz CT molecular complexity index is 637. The van der Waals surface area contributed by atoms with Crippen molar-refractivity contribution in [1.29, 1.82) is 0 Å². The van der Waals surface area contributed by atoms with Crippen LogP contribution < -0.4 is 4.90 Å². The number of rotatable bonds is 3. The molecule has 0 aromatic carbocycles. The molecule has 1 atom stereocenters. The largest absolute Gasteiger partial charge is 0.393 e. The summed E-state index contributed by atoms with van der Waals surface area (Å²) in [6.07, 6.45) is 3.73. The van der Waals surface area contributed by atoms with Gasteiger partial charge in [-0.2, -0.15) is 0 Å². The fourth-order valence-corrected chi connectivity index (χ4v) is 2.54. The maximum atomic E-state index is 14.2. The molecule has 3 heterocycles. The highest BCUT2D eigenvalue weighted by Gasteiger charge is 2.38. The standard InChI is InChI=1S/C15H17FN4O/c1-11-18-13(12-2-5-17-6-3-12)8-14(19-11)20-7-4-15(16,9-20)10-21/h2-3,5-6,8,21H,4,7,9-10H2,1H3. The van der Waals surface area contributed by atoms with E-state index in [-0.39, 0.29) is 6.54 Å². The second-order valence-electron chi connectivity index (χ2n) is 5.38. The smallest absolute Gasteiger partial charge is 0.152 e. The highest BCUT2D eigenvalue weighted by atomic mass is 19.1. The molecule has 0 radical (unpaired) electrons. The highest BCUT2D eigenvalue weighted by Crippen LogP contribution is 2.30. The van der Waals surface area contributed by atoms with Gasteiger partial charge in [-0.15, -0.1) is 0 Å². The lowest BCUT2D eigenvalue weighted by atomic mass is 10.1. The number of alkyl halides is 1. The van der Waals surface area contributed by atoms with Crippen LogP contribution in [-0.4, -0.2) is 45.4 Å². The fourth-order valence-electron chi connectivity index (χ4n) is 2.54. The minimum absolute atomic E-state index is 0.162. The molecule has 3 rings (SSSR count). The van der Waals surface area contributed by atoms with Gasteiger partial charge in [0.15, 0.2) is 5.67 Å². The van der Waals surface area contributed by atoms with Crippen molar-refractivity contribution in [3.8, 4) is 11.3 Å². The lowest BCUT2D eigenvalue weighted by molar-refractivity contribution is 0.0909. The minimum Gasteiger partial charge on any atom is -0.393 e. The van der Waals surface area contributed by atoms with Gasteiger partial charge >= 0.3 is 0 Å². The molecule has 5 nitrogen and oxygen atoms in total. The number of anilines is 1. The first-order chi connectivity index (χ1) is 10.1. The average Bonchev–Trinajstić information content (AvgIpc) is 2.91. The summed E-state index contributed by atoms with van der Waals surface area (Å²) >= 11 is 0. The third-order valence-electron chi connectivity index (χ3n) is 3.71. The minimum atomic E-state index is -1.53. The Morgan fingerprint density at radius 1 is 1.33 bits per heavy atom. The Kier molecular flexibility index (Phi) is 3.55. The molecule has 0 amide bonds. The molecule has 0 bridgehead atoms.